The Hall–Kier alpha value is -6.01. The SMILES string of the molecule is C1=CC2=NC1=CC1=NC(=C(c3ccccc3)C3=NC(=CC4=NC(=C2)C=C4)C=C3c2ccccc2)C(c2ccccc2)=C1c1ccccc1.[Co]. The quantitative estimate of drug-likeness (QED) is 0.208. The average molecular weight is 672 g/mol. The molecule has 5 heterocycles. The van der Waals surface area contributed by atoms with Gasteiger partial charge < -0.3 is 0 Å². The first-order valence-corrected chi connectivity index (χ1v) is 16.1. The van der Waals surface area contributed by atoms with E-state index < -0.39 is 0 Å². The van der Waals surface area contributed by atoms with E-state index in [4.69, 9.17) is 20.0 Å². The van der Waals surface area contributed by atoms with Gasteiger partial charge >= 0.3 is 0 Å². The van der Waals surface area contributed by atoms with E-state index in [1.54, 1.807) is 0 Å². The van der Waals surface area contributed by atoms with Crippen molar-refractivity contribution >= 4 is 45.1 Å². The second kappa shape index (κ2) is 12.9. The summed E-state index contributed by atoms with van der Waals surface area (Å²) in [5.41, 5.74) is 15.3. The van der Waals surface area contributed by atoms with Gasteiger partial charge in [-0.25, -0.2) is 20.0 Å². The summed E-state index contributed by atoms with van der Waals surface area (Å²) in [7, 11) is 0. The van der Waals surface area contributed by atoms with E-state index >= 15 is 0 Å². The molecule has 4 aromatic carbocycles. The Morgan fingerprint density at radius 1 is 0.347 bits per heavy atom. The van der Waals surface area contributed by atoms with Crippen molar-refractivity contribution in [2.45, 2.75) is 0 Å². The summed E-state index contributed by atoms with van der Waals surface area (Å²) < 4.78 is 0. The summed E-state index contributed by atoms with van der Waals surface area (Å²) in [6.07, 6.45) is 16.5. The minimum absolute atomic E-state index is 0. The Bertz CT molecular complexity index is 2380. The number of allylic oxidation sites excluding steroid dienone is 12. The van der Waals surface area contributed by atoms with E-state index in [1.807, 2.05) is 36.4 Å². The second-order valence-electron chi connectivity index (χ2n) is 11.9. The van der Waals surface area contributed by atoms with Crippen LogP contribution in [0.2, 0.25) is 0 Å². The third-order valence-corrected chi connectivity index (χ3v) is 8.75. The van der Waals surface area contributed by atoms with Crippen molar-refractivity contribution in [3.05, 3.63) is 215 Å². The molecule has 0 aliphatic carbocycles. The first-order valence-electron chi connectivity index (χ1n) is 16.1. The van der Waals surface area contributed by atoms with Gasteiger partial charge in [-0.3, -0.25) is 0 Å². The molecule has 0 amide bonds. The molecule has 0 saturated heterocycles. The number of hydrogen-bond acceptors (Lipinski definition) is 4. The van der Waals surface area contributed by atoms with Crippen molar-refractivity contribution in [2.75, 3.05) is 0 Å². The van der Waals surface area contributed by atoms with Gasteiger partial charge in [0.15, 0.2) is 0 Å². The fourth-order valence-corrected chi connectivity index (χ4v) is 6.63. The smallest absolute Gasteiger partial charge is 0.0822 e. The van der Waals surface area contributed by atoms with Crippen LogP contribution in [0.5, 0.6) is 0 Å². The van der Waals surface area contributed by atoms with Gasteiger partial charge in [0.2, 0.25) is 0 Å². The zero-order chi connectivity index (χ0) is 31.9. The summed E-state index contributed by atoms with van der Waals surface area (Å²) in [6, 6.07) is 42.1. The van der Waals surface area contributed by atoms with E-state index in [9.17, 15) is 0 Å². The maximum absolute atomic E-state index is 5.56. The molecule has 9 rings (SSSR count). The molecule has 4 nitrogen and oxygen atoms in total. The molecule has 5 aliphatic rings. The first kappa shape index (κ1) is 30.3. The van der Waals surface area contributed by atoms with E-state index in [-0.39, 0.29) is 16.8 Å². The molecule has 233 valence electrons. The van der Waals surface area contributed by atoms with Crippen LogP contribution in [-0.2, 0) is 16.8 Å². The number of aliphatic imine (C=N–C) groups is 4. The van der Waals surface area contributed by atoms with Gasteiger partial charge in [0.25, 0.3) is 0 Å². The average Bonchev–Trinajstić information content (AvgIpc) is 3.94. The molecule has 4 aromatic rings. The summed E-state index contributed by atoms with van der Waals surface area (Å²) in [6.45, 7) is 0. The second-order valence-corrected chi connectivity index (χ2v) is 11.9. The van der Waals surface area contributed by atoms with Crippen molar-refractivity contribution in [1.82, 2.24) is 0 Å². The summed E-state index contributed by atoms with van der Waals surface area (Å²) in [5.74, 6) is 0. The van der Waals surface area contributed by atoms with Crippen molar-refractivity contribution < 1.29 is 16.8 Å². The van der Waals surface area contributed by atoms with Gasteiger partial charge in [-0.05, 0) is 70.9 Å². The molecule has 0 unspecified atom stereocenters. The molecule has 1 radical (unpaired) electrons. The van der Waals surface area contributed by atoms with Gasteiger partial charge in [-0.2, -0.15) is 0 Å². The van der Waals surface area contributed by atoms with Crippen LogP contribution >= 0.6 is 0 Å². The van der Waals surface area contributed by atoms with Crippen LogP contribution in [0.3, 0.4) is 0 Å². The Morgan fingerprint density at radius 3 is 1.39 bits per heavy atom. The first-order chi connectivity index (χ1) is 23.8. The normalized spacial score (nSPS) is 17.5. The molecule has 0 N–H and O–H groups in total. The van der Waals surface area contributed by atoms with Gasteiger partial charge in [0.05, 0.1) is 45.6 Å². The Kier molecular flexibility index (Phi) is 7.98. The van der Waals surface area contributed by atoms with Crippen LogP contribution in [0.1, 0.15) is 22.3 Å². The van der Waals surface area contributed by atoms with E-state index in [0.29, 0.717) is 0 Å². The number of nitrogens with zero attached hydrogens (tertiary/aromatic N) is 4. The number of hydrogen-bond donors (Lipinski definition) is 0. The largest absolute Gasteiger partial charge is 0.249 e. The van der Waals surface area contributed by atoms with Crippen LogP contribution in [-0.4, -0.2) is 22.8 Å². The molecular formula is C44H28CoN4. The van der Waals surface area contributed by atoms with Crippen LogP contribution in [0.15, 0.2) is 213 Å². The maximum atomic E-state index is 5.56. The third kappa shape index (κ3) is 5.76. The molecule has 0 saturated carbocycles. The van der Waals surface area contributed by atoms with Gasteiger partial charge in [-0.15, -0.1) is 0 Å². The van der Waals surface area contributed by atoms with E-state index in [1.165, 1.54) is 0 Å². The molecule has 0 fully saturated rings. The minimum Gasteiger partial charge on any atom is -0.249 e. The zero-order valence-electron chi connectivity index (χ0n) is 26.3. The van der Waals surface area contributed by atoms with E-state index in [0.717, 1.165) is 90.2 Å². The number of fused-ring (bicyclic) bond motifs is 4. The van der Waals surface area contributed by atoms with Crippen LogP contribution < -0.4 is 0 Å². The van der Waals surface area contributed by atoms with Crippen LogP contribution in [0.25, 0.3) is 22.3 Å². The predicted octanol–water partition coefficient (Wildman–Crippen LogP) is 9.69. The minimum atomic E-state index is 0. The Balaban J connectivity index is 0.00000348. The molecule has 5 aliphatic heterocycles. The van der Waals surface area contributed by atoms with Crippen LogP contribution in [0.4, 0.5) is 0 Å². The van der Waals surface area contributed by atoms with Crippen LogP contribution in [0, 0.1) is 0 Å². The monoisotopic (exact) mass is 671 g/mol. The molecule has 5 heteroatoms. The third-order valence-electron chi connectivity index (χ3n) is 8.75. The standard InChI is InChI=1S/C44H28N4.Co/c1-5-13-29(14-6-1)38-27-37-26-35-22-21-33(45-35)25-34-23-24-36(46-34)28-39-40(30-15-7-2-8-16-30)41(31-17-9-3-10-18-31)44(48-39)42(43(38)47-37)32-19-11-4-12-20-32;/h1-28H;. The maximum Gasteiger partial charge on any atom is 0.0822 e. The van der Waals surface area contributed by atoms with Crippen molar-refractivity contribution in [1.29, 1.82) is 0 Å². The number of rotatable bonds is 4. The fraction of sp³-hybridized carbons (Fsp3) is 0. The van der Waals surface area contributed by atoms with Crippen molar-refractivity contribution in [2.24, 2.45) is 20.0 Å². The predicted molar refractivity (Wildman–Crippen MR) is 200 cm³/mol. The van der Waals surface area contributed by atoms with Gasteiger partial charge in [0.1, 0.15) is 0 Å². The Morgan fingerprint density at radius 2 is 0.816 bits per heavy atom. The van der Waals surface area contributed by atoms with E-state index in [2.05, 4.69) is 133 Å². The summed E-state index contributed by atoms with van der Waals surface area (Å²) in [4.78, 5) is 20.8. The van der Waals surface area contributed by atoms with Crippen molar-refractivity contribution in [3.63, 3.8) is 0 Å². The van der Waals surface area contributed by atoms with Gasteiger partial charge in [0, 0.05) is 39.1 Å². The molecule has 49 heavy (non-hydrogen) atoms. The fourth-order valence-electron chi connectivity index (χ4n) is 6.63. The summed E-state index contributed by atoms with van der Waals surface area (Å²) in [5, 5.41) is 0. The molecular weight excluding hydrogens is 643 g/mol. The summed E-state index contributed by atoms with van der Waals surface area (Å²) >= 11 is 0. The van der Waals surface area contributed by atoms with Crippen molar-refractivity contribution in [3.8, 4) is 0 Å². The molecule has 0 atom stereocenters. The zero-order valence-corrected chi connectivity index (χ0v) is 27.3. The Labute approximate surface area is 295 Å². The molecule has 0 spiro atoms. The topological polar surface area (TPSA) is 49.4 Å². The number of benzene rings is 4. The molecule has 8 bridgehead atoms. The molecule has 0 aromatic heterocycles. The van der Waals surface area contributed by atoms with Gasteiger partial charge in [-0.1, -0.05) is 121 Å².